The predicted octanol–water partition coefficient (Wildman–Crippen LogP) is 16.3. The Balaban J connectivity index is 1.07. The van der Waals surface area contributed by atoms with Crippen LogP contribution in [-0.2, 0) is 0 Å². The molecule has 10 aromatic carbocycles. The fourth-order valence-corrected chi connectivity index (χ4v) is 10.5. The van der Waals surface area contributed by atoms with E-state index in [0.717, 1.165) is 99.2 Å². The van der Waals surface area contributed by atoms with E-state index in [1.807, 2.05) is 24.3 Å². The molecule has 322 valence electrons. The van der Waals surface area contributed by atoms with Crippen molar-refractivity contribution in [3.05, 3.63) is 237 Å². The lowest BCUT2D eigenvalue weighted by atomic mass is 9.98. The summed E-state index contributed by atoms with van der Waals surface area (Å²) >= 11 is 0. The normalized spacial score (nSPS) is 11.8. The Morgan fingerprint density at radius 2 is 0.826 bits per heavy atom. The van der Waals surface area contributed by atoms with Gasteiger partial charge in [-0.2, -0.15) is 9.97 Å². The first-order chi connectivity index (χ1) is 34.2. The summed E-state index contributed by atoms with van der Waals surface area (Å²) in [7, 11) is 0. The van der Waals surface area contributed by atoms with Gasteiger partial charge in [0.25, 0.3) is 0 Å². The molecule has 69 heavy (non-hydrogen) atoms. The summed E-state index contributed by atoms with van der Waals surface area (Å²) in [6, 6.07) is 83.2. The summed E-state index contributed by atoms with van der Waals surface area (Å²) < 4.78 is 11.2. The first kappa shape index (κ1) is 38.8. The van der Waals surface area contributed by atoms with Crippen LogP contribution < -0.4 is 0 Å². The van der Waals surface area contributed by atoms with Gasteiger partial charge in [-0.25, -0.2) is 4.98 Å². The molecule has 0 unspecified atom stereocenters. The summed E-state index contributed by atoms with van der Waals surface area (Å²) in [5.41, 5.74) is 15.4. The predicted molar refractivity (Wildman–Crippen MR) is 283 cm³/mol. The highest BCUT2D eigenvalue weighted by Gasteiger charge is 2.25. The molecular weight excluding hydrogens is 843 g/mol. The lowest BCUT2D eigenvalue weighted by molar-refractivity contribution is 0.669. The Labute approximate surface area is 396 Å². The molecule has 0 amide bonds. The zero-order valence-corrected chi connectivity index (χ0v) is 37.2. The molecule has 14 aromatic rings. The third kappa shape index (κ3) is 6.23. The number of hydrogen-bond donors (Lipinski definition) is 0. The minimum Gasteiger partial charge on any atom is -0.456 e. The van der Waals surface area contributed by atoms with Crippen molar-refractivity contribution in [2.24, 2.45) is 0 Å². The lowest BCUT2D eigenvalue weighted by Gasteiger charge is -2.15. The standard InChI is InChI=1S/C63H39N5O/c1-4-17-40(18-5-1)41-31-34-45(35-32-41)67-54-28-14-12-24-48(54)50-36-37-51-49-25-13-15-29-55(49)68(60(51)59(50)67)63-65-61(64-62(66-63)52-26-11-10-23-46(52)42-19-6-2-7-20-42)44-33-38-56-53(39-44)58-47(27-16-30-57(58)69-56)43-21-8-3-9-22-43/h1-39H. The number of hydrogen-bond acceptors (Lipinski definition) is 4. The van der Waals surface area contributed by atoms with Crippen LogP contribution in [-0.4, -0.2) is 24.1 Å². The highest BCUT2D eigenvalue weighted by Crippen LogP contribution is 2.43. The van der Waals surface area contributed by atoms with E-state index in [2.05, 4.69) is 221 Å². The highest BCUT2D eigenvalue weighted by molar-refractivity contribution is 6.24. The van der Waals surface area contributed by atoms with Crippen molar-refractivity contribution >= 4 is 65.6 Å². The monoisotopic (exact) mass is 881 g/mol. The summed E-state index contributed by atoms with van der Waals surface area (Å²) in [6.07, 6.45) is 0. The second-order valence-electron chi connectivity index (χ2n) is 17.5. The largest absolute Gasteiger partial charge is 0.456 e. The molecule has 0 atom stereocenters. The number of rotatable bonds is 7. The van der Waals surface area contributed by atoms with Gasteiger partial charge >= 0.3 is 0 Å². The molecule has 0 aliphatic heterocycles. The van der Waals surface area contributed by atoms with Crippen LogP contribution in [0.2, 0.25) is 0 Å². The number of benzene rings is 10. The molecule has 4 heterocycles. The van der Waals surface area contributed by atoms with Gasteiger partial charge < -0.3 is 8.98 Å². The first-order valence-electron chi connectivity index (χ1n) is 23.3. The average molecular weight is 882 g/mol. The van der Waals surface area contributed by atoms with E-state index in [9.17, 15) is 0 Å². The molecule has 0 saturated carbocycles. The van der Waals surface area contributed by atoms with Gasteiger partial charge in [-0.3, -0.25) is 4.57 Å². The minimum atomic E-state index is 0.523. The number of para-hydroxylation sites is 2. The van der Waals surface area contributed by atoms with Crippen molar-refractivity contribution in [1.29, 1.82) is 0 Å². The second-order valence-corrected chi connectivity index (χ2v) is 17.5. The molecule has 0 N–H and O–H groups in total. The third-order valence-corrected chi connectivity index (χ3v) is 13.6. The SMILES string of the molecule is c1ccc(-c2ccc(-n3c4ccccc4c4ccc5c6ccccc6n(-c6nc(-c7ccc8oc9cccc(-c%10ccccc%10)c9c8c7)nc(-c7ccccc7-c7ccccc7)n6)c5c43)cc2)cc1. The number of aromatic nitrogens is 5. The fourth-order valence-electron chi connectivity index (χ4n) is 10.5. The Kier molecular flexibility index (Phi) is 8.79. The first-order valence-corrected chi connectivity index (χ1v) is 23.3. The maximum atomic E-state index is 6.53. The van der Waals surface area contributed by atoms with Crippen molar-refractivity contribution in [3.8, 4) is 67.8 Å². The summed E-state index contributed by atoms with van der Waals surface area (Å²) in [5.74, 6) is 1.66. The van der Waals surface area contributed by atoms with Crippen LogP contribution >= 0.6 is 0 Å². The molecule has 14 rings (SSSR count). The molecule has 0 aliphatic rings. The Bertz CT molecular complexity index is 4280. The zero-order valence-electron chi connectivity index (χ0n) is 37.2. The minimum absolute atomic E-state index is 0.523. The van der Waals surface area contributed by atoms with Crippen LogP contribution in [0.4, 0.5) is 0 Å². The average Bonchev–Trinajstić information content (AvgIpc) is 4.09. The topological polar surface area (TPSA) is 61.7 Å². The van der Waals surface area contributed by atoms with E-state index < -0.39 is 0 Å². The van der Waals surface area contributed by atoms with Gasteiger partial charge in [0.1, 0.15) is 11.2 Å². The van der Waals surface area contributed by atoms with Crippen molar-refractivity contribution in [3.63, 3.8) is 0 Å². The van der Waals surface area contributed by atoms with Gasteiger partial charge in [-0.15, -0.1) is 0 Å². The van der Waals surface area contributed by atoms with Crippen LogP contribution in [0, 0.1) is 0 Å². The maximum Gasteiger partial charge on any atom is 0.238 e. The molecule has 0 aliphatic carbocycles. The van der Waals surface area contributed by atoms with Crippen LogP contribution in [0.15, 0.2) is 241 Å². The summed E-state index contributed by atoms with van der Waals surface area (Å²) in [4.78, 5) is 16.5. The van der Waals surface area contributed by atoms with Gasteiger partial charge in [0, 0.05) is 49.1 Å². The summed E-state index contributed by atoms with van der Waals surface area (Å²) in [5, 5.41) is 6.58. The zero-order chi connectivity index (χ0) is 45.4. The molecule has 0 saturated heterocycles. The Hall–Kier alpha value is -9.39. The molecule has 6 heteroatoms. The van der Waals surface area contributed by atoms with Crippen molar-refractivity contribution in [2.45, 2.75) is 0 Å². The van der Waals surface area contributed by atoms with E-state index in [0.29, 0.717) is 17.6 Å². The molecular formula is C63H39N5O. The van der Waals surface area contributed by atoms with Gasteiger partial charge in [0.15, 0.2) is 11.6 Å². The van der Waals surface area contributed by atoms with Crippen LogP contribution in [0.3, 0.4) is 0 Å². The third-order valence-electron chi connectivity index (χ3n) is 13.6. The number of nitrogens with zero attached hydrogens (tertiary/aromatic N) is 5. The van der Waals surface area contributed by atoms with E-state index in [4.69, 9.17) is 19.4 Å². The molecule has 4 aromatic heterocycles. The van der Waals surface area contributed by atoms with Crippen molar-refractivity contribution < 1.29 is 4.42 Å². The van der Waals surface area contributed by atoms with Crippen LogP contribution in [0.25, 0.3) is 133 Å². The number of furan rings is 1. The van der Waals surface area contributed by atoms with E-state index in [1.54, 1.807) is 0 Å². The Morgan fingerprint density at radius 3 is 1.52 bits per heavy atom. The van der Waals surface area contributed by atoms with Crippen molar-refractivity contribution in [1.82, 2.24) is 24.1 Å². The summed E-state index contributed by atoms with van der Waals surface area (Å²) in [6.45, 7) is 0. The van der Waals surface area contributed by atoms with E-state index in [1.165, 1.54) is 16.5 Å². The number of fused-ring (bicyclic) bond motifs is 10. The van der Waals surface area contributed by atoms with Gasteiger partial charge in [0.2, 0.25) is 5.95 Å². The molecule has 0 radical (unpaired) electrons. The molecule has 0 fully saturated rings. The Morgan fingerprint density at radius 1 is 0.304 bits per heavy atom. The van der Waals surface area contributed by atoms with Crippen molar-refractivity contribution in [2.75, 3.05) is 0 Å². The highest BCUT2D eigenvalue weighted by atomic mass is 16.3. The molecule has 6 nitrogen and oxygen atoms in total. The van der Waals surface area contributed by atoms with E-state index in [-0.39, 0.29) is 0 Å². The smallest absolute Gasteiger partial charge is 0.238 e. The molecule has 0 spiro atoms. The van der Waals surface area contributed by atoms with E-state index >= 15 is 0 Å². The van der Waals surface area contributed by atoms with Gasteiger partial charge in [0.05, 0.1) is 22.1 Å². The van der Waals surface area contributed by atoms with Crippen LogP contribution in [0.5, 0.6) is 0 Å². The maximum absolute atomic E-state index is 6.53. The van der Waals surface area contributed by atoms with Gasteiger partial charge in [-0.05, 0) is 81.9 Å². The lowest BCUT2D eigenvalue weighted by Crippen LogP contribution is -2.07. The quantitative estimate of drug-likeness (QED) is 0.160. The van der Waals surface area contributed by atoms with Gasteiger partial charge in [-0.1, -0.05) is 188 Å². The second kappa shape index (κ2) is 15.6. The van der Waals surface area contributed by atoms with Crippen LogP contribution in [0.1, 0.15) is 0 Å². The molecule has 0 bridgehead atoms. The fraction of sp³-hybridized carbons (Fsp3) is 0.